The Morgan fingerprint density at radius 3 is 2.89 bits per heavy atom. The van der Waals surface area contributed by atoms with E-state index in [0.717, 1.165) is 5.56 Å². The molecule has 2 aromatic rings. The monoisotopic (exact) mass is 261 g/mol. The molecule has 4 nitrogen and oxygen atoms in total. The topological polar surface area (TPSA) is 56.3 Å². The summed E-state index contributed by atoms with van der Waals surface area (Å²) in [5.74, 6) is 0.817. The number of hydrogen-bond donors (Lipinski definition) is 0. The van der Waals surface area contributed by atoms with Crippen LogP contribution in [0.5, 0.6) is 11.5 Å². The molecule has 1 aromatic heterocycles. The van der Waals surface area contributed by atoms with Gasteiger partial charge in [0.05, 0.1) is 11.9 Å². The van der Waals surface area contributed by atoms with Gasteiger partial charge < -0.3 is 4.74 Å². The van der Waals surface area contributed by atoms with Gasteiger partial charge in [-0.1, -0.05) is 6.07 Å². The van der Waals surface area contributed by atoms with Crippen molar-refractivity contribution in [1.82, 2.24) is 4.98 Å². The fourth-order valence-corrected chi connectivity index (χ4v) is 3.55. The lowest BCUT2D eigenvalue weighted by atomic mass is 10.2. The van der Waals surface area contributed by atoms with Gasteiger partial charge in [0.2, 0.25) is 0 Å². The minimum Gasteiger partial charge on any atom is -0.454 e. The van der Waals surface area contributed by atoms with Gasteiger partial charge in [0, 0.05) is 11.8 Å². The van der Waals surface area contributed by atoms with E-state index in [4.69, 9.17) is 4.74 Å². The van der Waals surface area contributed by atoms with E-state index in [1.54, 1.807) is 30.6 Å². The number of rotatable bonds is 0. The highest BCUT2D eigenvalue weighted by molar-refractivity contribution is 7.90. The molecule has 2 heterocycles. The van der Waals surface area contributed by atoms with Gasteiger partial charge in [-0.2, -0.15) is 0 Å². The quantitative estimate of drug-likeness (QED) is 0.731. The van der Waals surface area contributed by atoms with Gasteiger partial charge in [-0.3, -0.25) is 4.98 Å². The maximum atomic E-state index is 12.3. The van der Waals surface area contributed by atoms with Crippen LogP contribution in [0.1, 0.15) is 11.1 Å². The first-order valence-corrected chi connectivity index (χ1v) is 7.16. The summed E-state index contributed by atoms with van der Waals surface area (Å²) >= 11 is 0. The Kier molecular flexibility index (Phi) is 2.38. The summed E-state index contributed by atoms with van der Waals surface area (Å²) < 4.78 is 30.3. The molecule has 0 aliphatic carbocycles. The predicted octanol–water partition coefficient (Wildman–Crippen LogP) is 2.47. The number of aromatic nitrogens is 1. The van der Waals surface area contributed by atoms with Crippen LogP contribution in [0.15, 0.2) is 41.6 Å². The smallest absolute Gasteiger partial charge is 0.186 e. The third-order valence-electron chi connectivity index (χ3n) is 2.87. The molecular formula is C13H11NO3S. The first-order valence-electron chi connectivity index (χ1n) is 5.50. The molecule has 0 radical (unpaired) electrons. The van der Waals surface area contributed by atoms with Crippen LogP contribution in [0.4, 0.5) is 0 Å². The van der Waals surface area contributed by atoms with Gasteiger partial charge in [0.15, 0.2) is 9.84 Å². The molecule has 1 aliphatic heterocycles. The van der Waals surface area contributed by atoms with Crippen LogP contribution < -0.4 is 4.74 Å². The van der Waals surface area contributed by atoms with Crippen molar-refractivity contribution >= 4 is 9.84 Å². The number of ether oxygens (including phenoxy) is 1. The Morgan fingerprint density at radius 1 is 1.22 bits per heavy atom. The van der Waals surface area contributed by atoms with E-state index < -0.39 is 9.84 Å². The molecule has 0 amide bonds. The number of pyridine rings is 1. The largest absolute Gasteiger partial charge is 0.454 e. The number of fused-ring (bicyclic) bond motifs is 2. The number of benzene rings is 1. The van der Waals surface area contributed by atoms with Gasteiger partial charge >= 0.3 is 0 Å². The SMILES string of the molecule is Cc1ccc2c(c1)S(=O)(=O)Cc1ccncc1O2. The standard InChI is InChI=1S/C13H11NO3S/c1-9-2-3-11-13(6-9)18(15,16)8-10-4-5-14-7-12(10)17-11/h2-7H,8H2,1H3. The molecule has 18 heavy (non-hydrogen) atoms. The van der Waals surface area contributed by atoms with Gasteiger partial charge in [0.1, 0.15) is 16.4 Å². The Hall–Kier alpha value is -1.88. The van der Waals surface area contributed by atoms with Crippen LogP contribution >= 0.6 is 0 Å². The summed E-state index contributed by atoms with van der Waals surface area (Å²) in [6, 6.07) is 6.83. The highest BCUT2D eigenvalue weighted by atomic mass is 32.2. The van der Waals surface area contributed by atoms with E-state index in [0.29, 0.717) is 17.1 Å². The van der Waals surface area contributed by atoms with Crippen molar-refractivity contribution in [2.45, 2.75) is 17.6 Å². The summed E-state index contributed by atoms with van der Waals surface area (Å²) in [5.41, 5.74) is 1.53. The van der Waals surface area contributed by atoms with Crippen LogP contribution in [-0.4, -0.2) is 13.4 Å². The van der Waals surface area contributed by atoms with Crippen molar-refractivity contribution in [2.24, 2.45) is 0 Å². The predicted molar refractivity (Wildman–Crippen MR) is 66.4 cm³/mol. The van der Waals surface area contributed by atoms with Crippen LogP contribution in [-0.2, 0) is 15.6 Å². The van der Waals surface area contributed by atoms with E-state index in [9.17, 15) is 8.42 Å². The minimum absolute atomic E-state index is 0.0543. The van der Waals surface area contributed by atoms with Gasteiger partial charge in [-0.15, -0.1) is 0 Å². The number of aryl methyl sites for hydroxylation is 1. The zero-order valence-electron chi connectivity index (χ0n) is 9.75. The minimum atomic E-state index is -3.37. The van der Waals surface area contributed by atoms with E-state index >= 15 is 0 Å². The molecule has 92 valence electrons. The molecular weight excluding hydrogens is 250 g/mol. The summed E-state index contributed by atoms with van der Waals surface area (Å²) in [6.45, 7) is 1.86. The molecule has 1 aliphatic rings. The van der Waals surface area contributed by atoms with Crippen LogP contribution in [0.25, 0.3) is 0 Å². The average molecular weight is 261 g/mol. The zero-order valence-corrected chi connectivity index (χ0v) is 10.6. The van der Waals surface area contributed by atoms with E-state index in [-0.39, 0.29) is 10.6 Å². The Bertz CT molecular complexity index is 723. The fourth-order valence-electron chi connectivity index (χ4n) is 1.96. The van der Waals surface area contributed by atoms with Crippen molar-refractivity contribution in [2.75, 3.05) is 0 Å². The lowest BCUT2D eigenvalue weighted by Crippen LogP contribution is -2.03. The third kappa shape index (κ3) is 1.76. The fraction of sp³-hybridized carbons (Fsp3) is 0.154. The molecule has 0 saturated heterocycles. The van der Waals surface area contributed by atoms with Crippen molar-refractivity contribution in [3.8, 4) is 11.5 Å². The number of hydrogen-bond acceptors (Lipinski definition) is 4. The lowest BCUT2D eigenvalue weighted by molar-refractivity contribution is 0.466. The van der Waals surface area contributed by atoms with Gasteiger partial charge in [0.25, 0.3) is 0 Å². The summed E-state index contributed by atoms with van der Waals surface area (Å²) in [5, 5.41) is 0. The Balaban J connectivity index is 2.28. The van der Waals surface area contributed by atoms with Crippen LogP contribution in [0.2, 0.25) is 0 Å². The van der Waals surface area contributed by atoms with Crippen LogP contribution in [0.3, 0.4) is 0 Å². The van der Waals surface area contributed by atoms with Crippen molar-refractivity contribution in [3.63, 3.8) is 0 Å². The maximum absolute atomic E-state index is 12.3. The summed E-state index contributed by atoms with van der Waals surface area (Å²) in [4.78, 5) is 4.21. The molecule has 1 aromatic carbocycles. The second-order valence-corrected chi connectivity index (χ2v) is 6.25. The highest BCUT2D eigenvalue weighted by Crippen LogP contribution is 2.37. The van der Waals surface area contributed by atoms with Gasteiger partial charge in [-0.05, 0) is 30.7 Å². The van der Waals surface area contributed by atoms with Crippen LogP contribution in [0, 0.1) is 6.92 Å². The Labute approximate surface area is 105 Å². The highest BCUT2D eigenvalue weighted by Gasteiger charge is 2.26. The van der Waals surface area contributed by atoms with E-state index in [1.165, 1.54) is 0 Å². The first kappa shape index (κ1) is 11.2. The zero-order chi connectivity index (χ0) is 12.8. The molecule has 5 heteroatoms. The molecule has 0 bridgehead atoms. The molecule has 0 spiro atoms. The van der Waals surface area contributed by atoms with Crippen molar-refractivity contribution in [3.05, 3.63) is 47.8 Å². The van der Waals surface area contributed by atoms with E-state index in [1.807, 2.05) is 13.0 Å². The second kappa shape index (κ2) is 3.81. The van der Waals surface area contributed by atoms with Crippen molar-refractivity contribution in [1.29, 1.82) is 0 Å². The molecule has 0 N–H and O–H groups in total. The number of nitrogens with zero attached hydrogens (tertiary/aromatic N) is 1. The first-order chi connectivity index (χ1) is 8.56. The second-order valence-electron chi connectivity index (χ2n) is 4.29. The molecule has 0 saturated carbocycles. The average Bonchev–Trinajstić information content (AvgIpc) is 2.43. The number of sulfone groups is 1. The lowest BCUT2D eigenvalue weighted by Gasteiger charge is -2.07. The third-order valence-corrected chi connectivity index (χ3v) is 4.55. The Morgan fingerprint density at radius 2 is 2.06 bits per heavy atom. The molecule has 0 atom stereocenters. The maximum Gasteiger partial charge on any atom is 0.186 e. The molecule has 3 rings (SSSR count). The summed E-state index contributed by atoms with van der Waals surface area (Å²) in [7, 11) is -3.37. The molecule has 0 fully saturated rings. The summed E-state index contributed by atoms with van der Waals surface area (Å²) in [6.07, 6.45) is 3.11. The van der Waals surface area contributed by atoms with Crippen molar-refractivity contribution < 1.29 is 13.2 Å². The van der Waals surface area contributed by atoms with Gasteiger partial charge in [-0.25, -0.2) is 8.42 Å². The molecule has 0 unspecified atom stereocenters. The normalized spacial score (nSPS) is 16.1. The van der Waals surface area contributed by atoms with E-state index in [2.05, 4.69) is 4.98 Å².